The van der Waals surface area contributed by atoms with E-state index in [0.29, 0.717) is 17.9 Å². The maximum absolute atomic E-state index is 6.10. The van der Waals surface area contributed by atoms with Crippen molar-refractivity contribution in [3.63, 3.8) is 0 Å². The van der Waals surface area contributed by atoms with Gasteiger partial charge in [0.15, 0.2) is 5.96 Å². The standard InChI is InChI=1S/C20H30ClN3O2/c1-2-22-20(23-8-4-9-25-13-15-7-10-26-14-15)24-19-12-18(19)16-5-3-6-17(21)11-16/h3,5-6,11,15,18-19H,2,4,7-10,12-14H2,1H3,(H2,22,23,24). The molecule has 0 radical (unpaired) electrons. The summed E-state index contributed by atoms with van der Waals surface area (Å²) in [4.78, 5) is 4.67. The second-order valence-corrected chi connectivity index (χ2v) is 7.50. The van der Waals surface area contributed by atoms with Crippen LogP contribution < -0.4 is 10.6 Å². The van der Waals surface area contributed by atoms with Crippen LogP contribution in [-0.4, -0.2) is 51.5 Å². The summed E-state index contributed by atoms with van der Waals surface area (Å²) in [5.74, 6) is 2.00. The molecule has 3 atom stereocenters. The number of hydrogen-bond acceptors (Lipinski definition) is 3. The summed E-state index contributed by atoms with van der Waals surface area (Å²) in [7, 11) is 0. The maximum Gasteiger partial charge on any atom is 0.191 e. The smallest absolute Gasteiger partial charge is 0.191 e. The Hall–Kier alpha value is -1.30. The van der Waals surface area contributed by atoms with Crippen molar-refractivity contribution >= 4 is 17.6 Å². The first kappa shape index (κ1) is 19.5. The Morgan fingerprint density at radius 2 is 2.35 bits per heavy atom. The van der Waals surface area contributed by atoms with Gasteiger partial charge in [-0.05, 0) is 43.9 Å². The fraction of sp³-hybridized carbons (Fsp3) is 0.650. The van der Waals surface area contributed by atoms with Crippen molar-refractivity contribution in [2.75, 3.05) is 39.5 Å². The lowest BCUT2D eigenvalue weighted by Crippen LogP contribution is -2.39. The Balaban J connectivity index is 1.36. The van der Waals surface area contributed by atoms with E-state index in [0.717, 1.165) is 69.8 Å². The molecule has 1 aromatic carbocycles. The Morgan fingerprint density at radius 1 is 1.42 bits per heavy atom. The molecule has 0 bridgehead atoms. The van der Waals surface area contributed by atoms with Crippen molar-refractivity contribution in [3.05, 3.63) is 34.9 Å². The summed E-state index contributed by atoms with van der Waals surface area (Å²) in [6.07, 6.45) is 3.19. The van der Waals surface area contributed by atoms with Gasteiger partial charge in [0.2, 0.25) is 0 Å². The van der Waals surface area contributed by atoms with Gasteiger partial charge in [-0.1, -0.05) is 23.7 Å². The first-order valence-corrected chi connectivity index (χ1v) is 10.1. The summed E-state index contributed by atoms with van der Waals surface area (Å²) in [6, 6.07) is 8.58. The monoisotopic (exact) mass is 379 g/mol. The van der Waals surface area contributed by atoms with Gasteiger partial charge < -0.3 is 20.1 Å². The van der Waals surface area contributed by atoms with E-state index in [-0.39, 0.29) is 0 Å². The van der Waals surface area contributed by atoms with Crippen LogP contribution in [0.15, 0.2) is 29.3 Å². The van der Waals surface area contributed by atoms with E-state index < -0.39 is 0 Å². The molecular weight excluding hydrogens is 350 g/mol. The molecule has 0 spiro atoms. The Labute approximate surface area is 161 Å². The summed E-state index contributed by atoms with van der Waals surface area (Å²) >= 11 is 6.10. The topological polar surface area (TPSA) is 54.9 Å². The lowest BCUT2D eigenvalue weighted by molar-refractivity contribution is 0.0893. The predicted octanol–water partition coefficient (Wildman–Crippen LogP) is 3.19. The van der Waals surface area contributed by atoms with Gasteiger partial charge in [0, 0.05) is 49.2 Å². The van der Waals surface area contributed by atoms with Crippen LogP contribution in [0, 0.1) is 5.92 Å². The lowest BCUT2D eigenvalue weighted by Gasteiger charge is -2.12. The van der Waals surface area contributed by atoms with Crippen molar-refractivity contribution in [1.29, 1.82) is 0 Å². The molecule has 1 saturated heterocycles. The molecule has 0 aromatic heterocycles. The van der Waals surface area contributed by atoms with Crippen LogP contribution >= 0.6 is 11.6 Å². The molecule has 1 aliphatic carbocycles. The SMILES string of the molecule is CCNC(=NCCCOCC1CCOC1)NC1CC1c1cccc(Cl)c1. The van der Waals surface area contributed by atoms with Gasteiger partial charge in [0.1, 0.15) is 0 Å². The van der Waals surface area contributed by atoms with Crippen LogP contribution in [-0.2, 0) is 9.47 Å². The van der Waals surface area contributed by atoms with Gasteiger partial charge in [-0.25, -0.2) is 0 Å². The maximum atomic E-state index is 6.10. The lowest BCUT2D eigenvalue weighted by atomic mass is 10.1. The Kier molecular flexibility index (Phi) is 7.59. The molecule has 1 saturated carbocycles. The van der Waals surface area contributed by atoms with E-state index in [4.69, 9.17) is 21.1 Å². The number of hydrogen-bond donors (Lipinski definition) is 2. The van der Waals surface area contributed by atoms with E-state index >= 15 is 0 Å². The summed E-state index contributed by atoms with van der Waals surface area (Å²) in [5, 5.41) is 7.67. The third-order valence-electron chi connectivity index (χ3n) is 4.83. The number of benzene rings is 1. The highest BCUT2D eigenvalue weighted by molar-refractivity contribution is 6.30. The third kappa shape index (κ3) is 6.15. The average Bonchev–Trinajstić information content (AvgIpc) is 3.20. The van der Waals surface area contributed by atoms with E-state index in [9.17, 15) is 0 Å². The first-order chi connectivity index (χ1) is 12.8. The van der Waals surface area contributed by atoms with E-state index in [1.54, 1.807) is 0 Å². The molecule has 1 aromatic rings. The number of ether oxygens (including phenoxy) is 2. The third-order valence-corrected chi connectivity index (χ3v) is 5.06. The van der Waals surface area contributed by atoms with Crippen LogP contribution in [0.3, 0.4) is 0 Å². The van der Waals surface area contributed by atoms with E-state index in [1.165, 1.54) is 5.56 Å². The molecule has 3 rings (SSSR count). The highest BCUT2D eigenvalue weighted by atomic mass is 35.5. The molecular formula is C20H30ClN3O2. The predicted molar refractivity (Wildman–Crippen MR) is 106 cm³/mol. The van der Waals surface area contributed by atoms with Crippen molar-refractivity contribution in [3.8, 4) is 0 Å². The molecule has 144 valence electrons. The highest BCUT2D eigenvalue weighted by Crippen LogP contribution is 2.41. The summed E-state index contributed by atoms with van der Waals surface area (Å²) < 4.78 is 11.1. The second kappa shape index (κ2) is 10.1. The van der Waals surface area contributed by atoms with Gasteiger partial charge >= 0.3 is 0 Å². The van der Waals surface area contributed by atoms with Gasteiger partial charge in [-0.2, -0.15) is 0 Å². The molecule has 6 heteroatoms. The fourth-order valence-corrected chi connectivity index (χ4v) is 3.48. The number of nitrogens with zero attached hydrogens (tertiary/aromatic N) is 1. The zero-order valence-corrected chi connectivity index (χ0v) is 16.3. The largest absolute Gasteiger partial charge is 0.381 e. The zero-order chi connectivity index (χ0) is 18.2. The minimum atomic E-state index is 0.435. The molecule has 2 aliphatic rings. The van der Waals surface area contributed by atoms with Crippen LogP contribution in [0.4, 0.5) is 0 Å². The van der Waals surface area contributed by atoms with Gasteiger partial charge in [0.05, 0.1) is 13.2 Å². The van der Waals surface area contributed by atoms with Gasteiger partial charge in [-0.15, -0.1) is 0 Å². The van der Waals surface area contributed by atoms with E-state index in [2.05, 4.69) is 34.7 Å². The Bertz CT molecular complexity index is 590. The van der Waals surface area contributed by atoms with Crippen molar-refractivity contribution in [1.82, 2.24) is 10.6 Å². The quantitative estimate of drug-likeness (QED) is 0.393. The van der Waals surface area contributed by atoms with E-state index in [1.807, 2.05) is 12.1 Å². The van der Waals surface area contributed by atoms with Crippen LogP contribution in [0.1, 0.15) is 37.7 Å². The molecule has 2 N–H and O–H groups in total. The summed E-state index contributed by atoms with van der Waals surface area (Å²) in [5.41, 5.74) is 1.30. The molecule has 1 aliphatic heterocycles. The molecule has 2 fully saturated rings. The van der Waals surface area contributed by atoms with Crippen molar-refractivity contribution in [2.45, 2.75) is 38.1 Å². The second-order valence-electron chi connectivity index (χ2n) is 7.07. The van der Waals surface area contributed by atoms with Gasteiger partial charge in [-0.3, -0.25) is 4.99 Å². The van der Waals surface area contributed by atoms with Crippen LogP contribution in [0.2, 0.25) is 5.02 Å². The fourth-order valence-electron chi connectivity index (χ4n) is 3.28. The number of halogens is 1. The molecule has 3 unspecified atom stereocenters. The normalized spacial score (nSPS) is 25.3. The first-order valence-electron chi connectivity index (χ1n) is 9.72. The minimum absolute atomic E-state index is 0.435. The number of nitrogens with one attached hydrogen (secondary N) is 2. The number of aliphatic imine (C=N–C) groups is 1. The average molecular weight is 380 g/mol. The summed E-state index contributed by atoms with van der Waals surface area (Å²) in [6.45, 7) is 7.02. The van der Waals surface area contributed by atoms with Crippen LogP contribution in [0.5, 0.6) is 0 Å². The molecule has 5 nitrogen and oxygen atoms in total. The zero-order valence-electron chi connectivity index (χ0n) is 15.5. The van der Waals surface area contributed by atoms with Crippen LogP contribution in [0.25, 0.3) is 0 Å². The van der Waals surface area contributed by atoms with Crippen molar-refractivity contribution in [2.24, 2.45) is 10.9 Å². The Morgan fingerprint density at radius 3 is 3.12 bits per heavy atom. The molecule has 26 heavy (non-hydrogen) atoms. The minimum Gasteiger partial charge on any atom is -0.381 e. The van der Waals surface area contributed by atoms with Crippen molar-refractivity contribution < 1.29 is 9.47 Å². The number of rotatable bonds is 9. The highest BCUT2D eigenvalue weighted by Gasteiger charge is 2.39. The molecule has 1 heterocycles. The van der Waals surface area contributed by atoms with Gasteiger partial charge in [0.25, 0.3) is 0 Å². The number of guanidine groups is 1. The molecule has 0 amide bonds.